The van der Waals surface area contributed by atoms with E-state index >= 15 is 0 Å². The molecule has 1 saturated heterocycles. The van der Waals surface area contributed by atoms with Crippen LogP contribution in [0.4, 0.5) is 0 Å². The normalized spacial score (nSPS) is 20.0. The molecule has 2 heterocycles. The zero-order chi connectivity index (χ0) is 24.6. The summed E-state index contributed by atoms with van der Waals surface area (Å²) >= 11 is 0. The van der Waals surface area contributed by atoms with Gasteiger partial charge in [-0.3, -0.25) is 9.59 Å². The number of benzene rings is 2. The summed E-state index contributed by atoms with van der Waals surface area (Å²) in [5.74, 6) is 0.502. The number of hydrogen-bond donors (Lipinski definition) is 1. The Labute approximate surface area is 203 Å². The van der Waals surface area contributed by atoms with Gasteiger partial charge in [-0.15, -0.1) is 0 Å². The van der Waals surface area contributed by atoms with Crippen molar-refractivity contribution in [2.75, 3.05) is 20.1 Å². The van der Waals surface area contributed by atoms with Gasteiger partial charge in [0.1, 0.15) is 0 Å². The van der Waals surface area contributed by atoms with E-state index in [0.717, 1.165) is 37.9 Å². The molecule has 0 saturated carbocycles. The number of amides is 2. The van der Waals surface area contributed by atoms with E-state index in [4.69, 9.17) is 4.84 Å². The molecule has 2 aromatic carbocycles. The Kier molecular flexibility index (Phi) is 8.85. The molecular weight excluding hydrogens is 426 g/mol. The lowest BCUT2D eigenvalue weighted by molar-refractivity contribution is -0.141. The minimum atomic E-state index is -0.983. The third-order valence-corrected chi connectivity index (χ3v) is 6.30. The van der Waals surface area contributed by atoms with Gasteiger partial charge in [0, 0.05) is 32.1 Å². The first-order valence-corrected chi connectivity index (χ1v) is 12.3. The second-order valence-corrected chi connectivity index (χ2v) is 9.33. The fraction of sp³-hybridized carbons (Fsp3) is 0.464. The van der Waals surface area contributed by atoms with Crippen LogP contribution >= 0.6 is 0 Å². The van der Waals surface area contributed by atoms with E-state index in [9.17, 15) is 9.59 Å². The van der Waals surface area contributed by atoms with Crippen molar-refractivity contribution in [3.63, 3.8) is 0 Å². The van der Waals surface area contributed by atoms with Crippen LogP contribution < -0.4 is 5.32 Å². The molecule has 1 fully saturated rings. The average Bonchev–Trinajstić information content (AvgIpc) is 3.28. The molecule has 2 aromatic rings. The summed E-state index contributed by atoms with van der Waals surface area (Å²) in [5, 5.41) is 6.70. The van der Waals surface area contributed by atoms with Crippen LogP contribution in [-0.2, 0) is 16.1 Å². The molecule has 0 aliphatic carbocycles. The number of oxime groups is 1. The summed E-state index contributed by atoms with van der Waals surface area (Å²) in [5.41, 5.74) is 2.65. The van der Waals surface area contributed by atoms with E-state index in [1.807, 2.05) is 35.2 Å². The fourth-order valence-electron chi connectivity index (χ4n) is 4.36. The van der Waals surface area contributed by atoms with Crippen molar-refractivity contribution in [1.82, 2.24) is 10.2 Å². The summed E-state index contributed by atoms with van der Waals surface area (Å²) in [6.07, 6.45) is 4.79. The Hall–Kier alpha value is -3.15. The summed E-state index contributed by atoms with van der Waals surface area (Å²) in [7, 11) is 1.58. The van der Waals surface area contributed by atoms with Crippen LogP contribution in [0.3, 0.4) is 0 Å². The van der Waals surface area contributed by atoms with E-state index in [1.54, 1.807) is 14.0 Å². The second-order valence-electron chi connectivity index (χ2n) is 9.33. The highest BCUT2D eigenvalue weighted by Crippen LogP contribution is 2.27. The van der Waals surface area contributed by atoms with Gasteiger partial charge in [-0.2, -0.15) is 0 Å². The van der Waals surface area contributed by atoms with Crippen molar-refractivity contribution < 1.29 is 14.4 Å². The van der Waals surface area contributed by atoms with Crippen molar-refractivity contribution in [3.8, 4) is 0 Å². The Morgan fingerprint density at radius 2 is 1.68 bits per heavy atom. The monoisotopic (exact) mass is 463 g/mol. The molecule has 0 bridgehead atoms. The molecule has 34 heavy (non-hydrogen) atoms. The van der Waals surface area contributed by atoms with Crippen molar-refractivity contribution in [2.45, 2.75) is 58.5 Å². The number of carbonyl (C=O) groups excluding carboxylic acids is 2. The lowest BCUT2D eigenvalue weighted by Crippen LogP contribution is -2.43. The van der Waals surface area contributed by atoms with E-state index in [1.165, 1.54) is 12.0 Å². The SMILES string of the molecule is CCC.CNC(=O)C1(C)CC(c2ccc(C(=O)N3CCC(Cc4ccccc4)CC3)cc2)=NO1. The minimum Gasteiger partial charge on any atom is -0.379 e. The van der Waals surface area contributed by atoms with Crippen LogP contribution in [0.2, 0.25) is 0 Å². The minimum absolute atomic E-state index is 0.0736. The topological polar surface area (TPSA) is 71.0 Å². The maximum atomic E-state index is 12.9. The van der Waals surface area contributed by atoms with Crippen molar-refractivity contribution >= 4 is 17.5 Å². The second kappa shape index (κ2) is 11.8. The molecule has 0 spiro atoms. The smallest absolute Gasteiger partial charge is 0.266 e. The lowest BCUT2D eigenvalue weighted by atomic mass is 9.90. The summed E-state index contributed by atoms with van der Waals surface area (Å²) in [6.45, 7) is 7.56. The standard InChI is InChI=1S/C25H29N3O3.C3H8/c1-25(24(30)26-2)17-22(27-31-25)20-8-10-21(11-9-20)23(29)28-14-12-19(13-15-28)16-18-6-4-3-5-7-18;1-3-2/h3-11,19H,12-17H2,1-2H3,(H,26,30);3H2,1-2H3. The first kappa shape index (κ1) is 25.5. The molecule has 6 nitrogen and oxygen atoms in total. The highest BCUT2D eigenvalue weighted by Gasteiger charge is 2.41. The van der Waals surface area contributed by atoms with Gasteiger partial charge in [-0.1, -0.05) is 67.9 Å². The van der Waals surface area contributed by atoms with Crippen LogP contribution in [0.5, 0.6) is 0 Å². The van der Waals surface area contributed by atoms with Gasteiger partial charge >= 0.3 is 0 Å². The number of hydrogen-bond acceptors (Lipinski definition) is 4. The molecule has 2 amide bonds. The molecule has 4 rings (SSSR count). The zero-order valence-electron chi connectivity index (χ0n) is 20.8. The van der Waals surface area contributed by atoms with Crippen LogP contribution in [0.15, 0.2) is 59.8 Å². The number of nitrogens with one attached hydrogen (secondary N) is 1. The van der Waals surface area contributed by atoms with Gasteiger partial charge in [0.05, 0.1) is 5.71 Å². The van der Waals surface area contributed by atoms with Crippen LogP contribution in [0.25, 0.3) is 0 Å². The predicted octanol–water partition coefficient (Wildman–Crippen LogP) is 4.83. The Morgan fingerprint density at radius 3 is 2.26 bits per heavy atom. The van der Waals surface area contributed by atoms with Crippen molar-refractivity contribution in [2.24, 2.45) is 11.1 Å². The molecule has 1 unspecified atom stereocenters. The molecule has 2 aliphatic rings. The summed E-state index contributed by atoms with van der Waals surface area (Å²) in [6, 6.07) is 18.0. The molecule has 6 heteroatoms. The molecule has 182 valence electrons. The Morgan fingerprint density at radius 1 is 1.06 bits per heavy atom. The molecule has 0 radical (unpaired) electrons. The van der Waals surface area contributed by atoms with E-state index in [2.05, 4.69) is 48.6 Å². The molecule has 2 aliphatic heterocycles. The number of carbonyl (C=O) groups is 2. The highest BCUT2D eigenvalue weighted by molar-refractivity contribution is 6.06. The number of nitrogens with zero attached hydrogens (tertiary/aromatic N) is 2. The van der Waals surface area contributed by atoms with Crippen molar-refractivity contribution in [1.29, 1.82) is 0 Å². The molecular formula is C28H37N3O3. The first-order valence-electron chi connectivity index (χ1n) is 12.3. The van der Waals surface area contributed by atoms with Gasteiger partial charge in [0.25, 0.3) is 11.8 Å². The van der Waals surface area contributed by atoms with Crippen LogP contribution in [-0.4, -0.2) is 48.2 Å². The van der Waals surface area contributed by atoms with Crippen molar-refractivity contribution in [3.05, 3.63) is 71.3 Å². The van der Waals surface area contributed by atoms with Gasteiger partial charge < -0.3 is 15.1 Å². The molecule has 1 N–H and O–H groups in total. The van der Waals surface area contributed by atoms with Crippen LogP contribution in [0.1, 0.15) is 67.9 Å². The Bertz CT molecular complexity index is 980. The van der Waals surface area contributed by atoms with E-state index in [0.29, 0.717) is 23.6 Å². The lowest BCUT2D eigenvalue weighted by Gasteiger charge is -2.32. The summed E-state index contributed by atoms with van der Waals surface area (Å²) in [4.78, 5) is 32.3. The number of likely N-dealkylation sites (tertiary alicyclic amines) is 1. The quantitative estimate of drug-likeness (QED) is 0.691. The number of likely N-dealkylation sites (N-methyl/N-ethyl adjacent to an activating group) is 1. The van der Waals surface area contributed by atoms with Crippen LogP contribution in [0, 0.1) is 5.92 Å². The number of piperidine rings is 1. The highest BCUT2D eigenvalue weighted by atomic mass is 16.7. The average molecular weight is 464 g/mol. The van der Waals surface area contributed by atoms with Gasteiger partial charge in [0.15, 0.2) is 0 Å². The maximum Gasteiger partial charge on any atom is 0.266 e. The van der Waals surface area contributed by atoms with E-state index < -0.39 is 5.60 Å². The van der Waals surface area contributed by atoms with Gasteiger partial charge in [0.2, 0.25) is 5.60 Å². The zero-order valence-corrected chi connectivity index (χ0v) is 20.8. The first-order chi connectivity index (χ1) is 16.4. The largest absolute Gasteiger partial charge is 0.379 e. The Balaban J connectivity index is 0.00000103. The summed E-state index contributed by atoms with van der Waals surface area (Å²) < 4.78 is 0. The molecule has 1 atom stereocenters. The predicted molar refractivity (Wildman–Crippen MR) is 136 cm³/mol. The molecule has 0 aromatic heterocycles. The maximum absolute atomic E-state index is 12.9. The fourth-order valence-corrected chi connectivity index (χ4v) is 4.36. The van der Waals surface area contributed by atoms with Gasteiger partial charge in [-0.25, -0.2) is 0 Å². The van der Waals surface area contributed by atoms with Gasteiger partial charge in [-0.05, 0) is 55.4 Å². The third kappa shape index (κ3) is 6.25. The number of rotatable bonds is 5. The van der Waals surface area contributed by atoms with E-state index in [-0.39, 0.29) is 11.8 Å². The third-order valence-electron chi connectivity index (χ3n) is 6.30.